The second-order valence-electron chi connectivity index (χ2n) is 8.17. The molecule has 10 heteroatoms. The van der Waals surface area contributed by atoms with E-state index in [2.05, 4.69) is 14.8 Å². The number of aliphatic carboxylic acids is 1. The lowest BCUT2D eigenvalue weighted by molar-refractivity contribution is -0.131. The van der Waals surface area contributed by atoms with Crippen molar-refractivity contribution in [1.82, 2.24) is 19.3 Å². The molecule has 184 valence electrons. The van der Waals surface area contributed by atoms with Gasteiger partial charge in [-0.25, -0.2) is 4.79 Å². The molecule has 1 N–H and O–H groups in total. The quantitative estimate of drug-likeness (QED) is 0.236. The zero-order valence-electron chi connectivity index (χ0n) is 19.9. The van der Waals surface area contributed by atoms with Crippen molar-refractivity contribution in [1.29, 1.82) is 0 Å². The lowest BCUT2D eigenvalue weighted by atomic mass is 10.2. The summed E-state index contributed by atoms with van der Waals surface area (Å²) < 4.78 is 14.9. The van der Waals surface area contributed by atoms with E-state index >= 15 is 0 Å². The van der Waals surface area contributed by atoms with Gasteiger partial charge in [-0.3, -0.25) is 0 Å². The van der Waals surface area contributed by atoms with Crippen LogP contribution in [0, 0.1) is 13.8 Å². The van der Waals surface area contributed by atoms with Crippen LogP contribution < -0.4 is 9.47 Å². The minimum atomic E-state index is -1.04. The number of halogens is 1. The molecule has 1 aliphatic heterocycles. The van der Waals surface area contributed by atoms with Crippen molar-refractivity contribution in [3.05, 3.63) is 75.4 Å². The first-order valence-electron chi connectivity index (χ1n) is 11.3. The first-order valence-corrected chi connectivity index (χ1v) is 12.5. The molecule has 0 radical (unpaired) electrons. The van der Waals surface area contributed by atoms with Crippen molar-refractivity contribution >= 4 is 35.4 Å². The van der Waals surface area contributed by atoms with Crippen LogP contribution in [0.5, 0.6) is 11.5 Å². The number of thioether (sulfide) groups is 1. The number of nitrogens with zero attached hydrogens (tertiary/aromatic N) is 4. The molecule has 1 aliphatic rings. The van der Waals surface area contributed by atoms with Gasteiger partial charge in [0.25, 0.3) is 0 Å². The highest BCUT2D eigenvalue weighted by Crippen LogP contribution is 2.36. The number of carboxylic acids is 1. The topological polar surface area (TPSA) is 91.4 Å². The third-order valence-electron chi connectivity index (χ3n) is 5.92. The molecule has 3 heterocycles. The van der Waals surface area contributed by atoms with Gasteiger partial charge in [-0.2, -0.15) is 0 Å². The number of rotatable bonds is 7. The Morgan fingerprint density at radius 1 is 1.11 bits per heavy atom. The predicted octanol–water partition coefficient (Wildman–Crippen LogP) is 5.97. The first kappa shape index (κ1) is 24.0. The largest absolute Gasteiger partial charge is 0.477 e. The maximum absolute atomic E-state index is 12.2. The average Bonchev–Trinajstić information content (AvgIpc) is 3.56. The number of aromatic nitrogens is 4. The fourth-order valence-corrected chi connectivity index (χ4v) is 5.19. The van der Waals surface area contributed by atoms with Gasteiger partial charge in [0.05, 0.1) is 0 Å². The Hall–Kier alpha value is -3.69. The number of aryl methyl sites for hydroxylation is 1. The van der Waals surface area contributed by atoms with Crippen LogP contribution in [-0.4, -0.2) is 37.2 Å². The van der Waals surface area contributed by atoms with E-state index < -0.39 is 5.97 Å². The number of carbonyl (C=O) groups is 1. The van der Waals surface area contributed by atoms with Crippen molar-refractivity contribution < 1.29 is 19.4 Å². The van der Waals surface area contributed by atoms with E-state index in [9.17, 15) is 9.90 Å². The van der Waals surface area contributed by atoms with Gasteiger partial charge in [0, 0.05) is 40.3 Å². The van der Waals surface area contributed by atoms with E-state index in [1.165, 1.54) is 0 Å². The summed E-state index contributed by atoms with van der Waals surface area (Å²) in [6, 6.07) is 15.0. The van der Waals surface area contributed by atoms with Crippen LogP contribution in [0.2, 0.25) is 5.02 Å². The van der Waals surface area contributed by atoms with Crippen LogP contribution in [0.3, 0.4) is 0 Å². The monoisotopic (exact) mass is 522 g/mol. The van der Waals surface area contributed by atoms with Crippen LogP contribution in [0.4, 0.5) is 0 Å². The lowest BCUT2D eigenvalue weighted by Gasteiger charge is -2.11. The Kier molecular flexibility index (Phi) is 6.51. The Bertz CT molecular complexity index is 1490. The third kappa shape index (κ3) is 4.47. The highest BCUT2D eigenvalue weighted by atomic mass is 35.5. The molecule has 0 spiro atoms. The molecule has 5 rings (SSSR count). The third-order valence-corrected chi connectivity index (χ3v) is 7.17. The molecule has 2 aromatic carbocycles. The lowest BCUT2D eigenvalue weighted by Crippen LogP contribution is -2.03. The highest BCUT2D eigenvalue weighted by Gasteiger charge is 2.20. The zero-order valence-corrected chi connectivity index (χ0v) is 21.4. The maximum atomic E-state index is 12.2. The smallest absolute Gasteiger partial charge is 0.342 e. The van der Waals surface area contributed by atoms with Gasteiger partial charge in [0.1, 0.15) is 4.91 Å². The summed E-state index contributed by atoms with van der Waals surface area (Å²) in [6.07, 6.45) is 1.68. The normalized spacial score (nSPS) is 12.8. The van der Waals surface area contributed by atoms with Crippen LogP contribution in [-0.2, 0) is 11.3 Å². The van der Waals surface area contributed by atoms with Gasteiger partial charge in [-0.1, -0.05) is 11.6 Å². The molecule has 36 heavy (non-hydrogen) atoms. The molecule has 0 fully saturated rings. The van der Waals surface area contributed by atoms with Crippen LogP contribution in [0.25, 0.3) is 23.2 Å². The molecular formula is C26H23ClN4O4S. The van der Waals surface area contributed by atoms with E-state index in [-0.39, 0.29) is 11.7 Å². The summed E-state index contributed by atoms with van der Waals surface area (Å²) >= 11 is 7.09. The van der Waals surface area contributed by atoms with Gasteiger partial charge in [0.2, 0.25) is 6.79 Å². The molecule has 0 saturated heterocycles. The summed E-state index contributed by atoms with van der Waals surface area (Å²) in [7, 11) is 0. The van der Waals surface area contributed by atoms with Crippen molar-refractivity contribution in [2.45, 2.75) is 32.5 Å². The molecule has 0 atom stereocenters. The Balaban J connectivity index is 1.49. The molecule has 0 unspecified atom stereocenters. The van der Waals surface area contributed by atoms with E-state index in [1.54, 1.807) is 18.2 Å². The number of benzene rings is 2. The van der Waals surface area contributed by atoms with E-state index in [0.29, 0.717) is 34.0 Å². The Labute approximate surface area is 217 Å². The average molecular weight is 523 g/mol. The number of ether oxygens (including phenoxy) is 2. The second kappa shape index (κ2) is 9.75. The summed E-state index contributed by atoms with van der Waals surface area (Å²) in [5.74, 6) is 1.02. The van der Waals surface area contributed by atoms with E-state index in [1.807, 2.05) is 61.7 Å². The van der Waals surface area contributed by atoms with Crippen molar-refractivity contribution in [3.63, 3.8) is 0 Å². The molecule has 0 aliphatic carbocycles. The van der Waals surface area contributed by atoms with Crippen molar-refractivity contribution in [3.8, 4) is 28.6 Å². The molecule has 0 bridgehead atoms. The zero-order chi connectivity index (χ0) is 25.4. The number of hydrogen-bond acceptors (Lipinski definition) is 6. The second-order valence-corrected chi connectivity index (χ2v) is 9.62. The number of hydrogen-bond donors (Lipinski definition) is 1. The predicted molar refractivity (Wildman–Crippen MR) is 139 cm³/mol. The fourth-order valence-electron chi connectivity index (χ4n) is 4.19. The van der Waals surface area contributed by atoms with Gasteiger partial charge >= 0.3 is 5.97 Å². The molecule has 8 nitrogen and oxygen atoms in total. The van der Waals surface area contributed by atoms with Gasteiger partial charge in [0.15, 0.2) is 22.5 Å². The van der Waals surface area contributed by atoms with Gasteiger partial charge in [-0.05, 0) is 86.6 Å². The fraction of sp³-hybridized carbons (Fsp3) is 0.192. The highest BCUT2D eigenvalue weighted by molar-refractivity contribution is 8.04. The molecule has 4 aromatic rings. The Morgan fingerprint density at radius 2 is 1.86 bits per heavy atom. The van der Waals surface area contributed by atoms with Crippen molar-refractivity contribution in [2.75, 3.05) is 6.79 Å². The van der Waals surface area contributed by atoms with E-state index in [0.717, 1.165) is 40.0 Å². The summed E-state index contributed by atoms with van der Waals surface area (Å²) in [6.45, 7) is 6.70. The van der Waals surface area contributed by atoms with Crippen LogP contribution in [0.15, 0.2) is 58.6 Å². The van der Waals surface area contributed by atoms with Gasteiger partial charge < -0.3 is 23.7 Å². The first-order chi connectivity index (χ1) is 17.4. The van der Waals surface area contributed by atoms with E-state index in [4.69, 9.17) is 21.1 Å². The summed E-state index contributed by atoms with van der Waals surface area (Å²) in [4.78, 5) is 12.4. The SMILES string of the molecule is CCn1c(S/C(=C/c2cc(C)n(-c3ccc4c(c3)OCO4)c2C)C(=O)O)nnc1-c1ccc(Cl)cc1. The number of carboxylic acid groups (broad SMARTS) is 1. The molecule has 0 saturated carbocycles. The maximum Gasteiger partial charge on any atom is 0.342 e. The minimum absolute atomic E-state index is 0.144. The molecule has 0 amide bonds. The minimum Gasteiger partial charge on any atom is -0.477 e. The molecular weight excluding hydrogens is 500 g/mol. The summed E-state index contributed by atoms with van der Waals surface area (Å²) in [5, 5.41) is 19.7. The van der Waals surface area contributed by atoms with Crippen LogP contribution in [0.1, 0.15) is 23.9 Å². The molecule has 2 aromatic heterocycles. The van der Waals surface area contributed by atoms with Crippen molar-refractivity contribution in [2.24, 2.45) is 0 Å². The number of fused-ring (bicyclic) bond motifs is 1. The summed E-state index contributed by atoms with van der Waals surface area (Å²) in [5.41, 5.74) is 4.44. The van der Waals surface area contributed by atoms with Gasteiger partial charge in [-0.15, -0.1) is 10.2 Å². The van der Waals surface area contributed by atoms with Crippen LogP contribution >= 0.6 is 23.4 Å². The Morgan fingerprint density at radius 3 is 2.58 bits per heavy atom. The standard InChI is InChI=1S/C26H23ClN4O4S/c1-4-30-24(17-5-7-19(27)8-6-17)28-29-26(30)36-23(25(32)33)12-18-11-15(2)31(16(18)3)20-9-10-21-22(13-20)35-14-34-21/h5-13H,4,14H2,1-3H3,(H,32,33)/b23-12+.